The van der Waals surface area contributed by atoms with E-state index in [0.717, 1.165) is 40.7 Å². The quantitative estimate of drug-likeness (QED) is 0.844. The highest BCUT2D eigenvalue weighted by molar-refractivity contribution is 7.14. The van der Waals surface area contributed by atoms with E-state index in [1.165, 1.54) is 23.5 Å². The summed E-state index contributed by atoms with van der Waals surface area (Å²) in [6.45, 7) is 5.68. The summed E-state index contributed by atoms with van der Waals surface area (Å²) in [4.78, 5) is 0. The number of aromatic nitrogens is 2. The number of hydrogen-bond donors (Lipinski definition) is 1. The Morgan fingerprint density at radius 1 is 1.28 bits per heavy atom. The molecule has 96 valence electrons. The molecule has 5 heteroatoms. The second-order valence-corrected chi connectivity index (χ2v) is 5.26. The Morgan fingerprint density at radius 2 is 2.11 bits per heavy atom. The van der Waals surface area contributed by atoms with Crippen molar-refractivity contribution >= 4 is 11.3 Å². The van der Waals surface area contributed by atoms with Crippen LogP contribution in [0.2, 0.25) is 0 Å². The van der Waals surface area contributed by atoms with Gasteiger partial charge in [0.1, 0.15) is 15.8 Å². The SMILES string of the molecule is CCCNCc1nnc(-c2cc(C)cc(F)c2)s1. The summed E-state index contributed by atoms with van der Waals surface area (Å²) in [7, 11) is 0. The molecule has 18 heavy (non-hydrogen) atoms. The van der Waals surface area contributed by atoms with Crippen LogP contribution in [0, 0.1) is 12.7 Å². The minimum atomic E-state index is -0.231. The summed E-state index contributed by atoms with van der Waals surface area (Å²) in [6.07, 6.45) is 1.09. The van der Waals surface area contributed by atoms with Crippen LogP contribution in [0.4, 0.5) is 4.39 Å². The fourth-order valence-electron chi connectivity index (χ4n) is 1.67. The second kappa shape index (κ2) is 6.02. The van der Waals surface area contributed by atoms with E-state index in [4.69, 9.17) is 0 Å². The van der Waals surface area contributed by atoms with Crippen molar-refractivity contribution in [3.63, 3.8) is 0 Å². The maximum absolute atomic E-state index is 13.3. The Bertz CT molecular complexity index is 504. The fourth-order valence-corrected chi connectivity index (χ4v) is 2.47. The zero-order valence-electron chi connectivity index (χ0n) is 10.5. The van der Waals surface area contributed by atoms with Crippen molar-refractivity contribution < 1.29 is 4.39 Å². The Kier molecular flexibility index (Phi) is 4.38. The molecule has 0 saturated carbocycles. The first-order chi connectivity index (χ1) is 8.69. The summed E-state index contributed by atoms with van der Waals surface area (Å²) >= 11 is 1.50. The molecule has 0 unspecified atom stereocenters. The molecule has 0 spiro atoms. The van der Waals surface area contributed by atoms with Gasteiger partial charge in [0.2, 0.25) is 0 Å². The molecule has 0 amide bonds. The average molecular weight is 265 g/mol. The zero-order chi connectivity index (χ0) is 13.0. The highest BCUT2D eigenvalue weighted by Crippen LogP contribution is 2.25. The van der Waals surface area contributed by atoms with Crippen LogP contribution >= 0.6 is 11.3 Å². The van der Waals surface area contributed by atoms with Crippen molar-refractivity contribution in [2.75, 3.05) is 6.54 Å². The van der Waals surface area contributed by atoms with Gasteiger partial charge in [-0.3, -0.25) is 0 Å². The molecule has 0 aliphatic heterocycles. The van der Waals surface area contributed by atoms with Gasteiger partial charge < -0.3 is 5.32 Å². The van der Waals surface area contributed by atoms with Gasteiger partial charge >= 0.3 is 0 Å². The van der Waals surface area contributed by atoms with E-state index in [1.807, 2.05) is 13.0 Å². The first kappa shape index (κ1) is 13.1. The highest BCUT2D eigenvalue weighted by atomic mass is 32.1. The van der Waals surface area contributed by atoms with Gasteiger partial charge in [-0.1, -0.05) is 18.3 Å². The number of hydrogen-bond acceptors (Lipinski definition) is 4. The standard InChI is InChI=1S/C13H16FN3S/c1-3-4-15-8-12-16-17-13(18-12)10-5-9(2)6-11(14)7-10/h5-7,15H,3-4,8H2,1-2H3. The molecular formula is C13H16FN3S. The van der Waals surface area contributed by atoms with Crippen LogP contribution < -0.4 is 5.32 Å². The van der Waals surface area contributed by atoms with Crippen molar-refractivity contribution in [3.8, 4) is 10.6 Å². The summed E-state index contributed by atoms with van der Waals surface area (Å²) in [5, 5.41) is 13.2. The molecule has 0 aliphatic rings. The van der Waals surface area contributed by atoms with Gasteiger partial charge in [-0.25, -0.2) is 4.39 Å². The zero-order valence-corrected chi connectivity index (χ0v) is 11.4. The summed E-state index contributed by atoms with van der Waals surface area (Å²) in [5.74, 6) is -0.231. The summed E-state index contributed by atoms with van der Waals surface area (Å²) in [5.41, 5.74) is 1.69. The highest BCUT2D eigenvalue weighted by Gasteiger charge is 2.08. The molecule has 2 rings (SSSR count). The molecule has 0 bridgehead atoms. The van der Waals surface area contributed by atoms with Crippen molar-refractivity contribution in [3.05, 3.63) is 34.6 Å². The van der Waals surface area contributed by atoms with Crippen molar-refractivity contribution in [1.82, 2.24) is 15.5 Å². The number of halogens is 1. The van der Waals surface area contributed by atoms with E-state index in [2.05, 4.69) is 22.4 Å². The maximum atomic E-state index is 13.3. The number of benzene rings is 1. The Balaban J connectivity index is 2.13. The molecule has 0 saturated heterocycles. The Morgan fingerprint density at radius 3 is 2.83 bits per heavy atom. The average Bonchev–Trinajstić information content (AvgIpc) is 2.77. The summed E-state index contributed by atoms with van der Waals surface area (Å²) in [6, 6.07) is 4.93. The van der Waals surface area contributed by atoms with Gasteiger partial charge in [0.15, 0.2) is 0 Å². The minimum Gasteiger partial charge on any atom is -0.310 e. The largest absolute Gasteiger partial charge is 0.310 e. The molecule has 1 N–H and O–H groups in total. The van der Waals surface area contributed by atoms with E-state index >= 15 is 0 Å². The predicted molar refractivity (Wildman–Crippen MR) is 72.0 cm³/mol. The lowest BCUT2D eigenvalue weighted by atomic mass is 10.1. The molecule has 0 aliphatic carbocycles. The van der Waals surface area contributed by atoms with Crippen LogP contribution in [0.15, 0.2) is 18.2 Å². The first-order valence-corrected chi connectivity index (χ1v) is 6.81. The minimum absolute atomic E-state index is 0.231. The van der Waals surface area contributed by atoms with Gasteiger partial charge in [0, 0.05) is 12.1 Å². The van der Waals surface area contributed by atoms with Gasteiger partial charge in [0.05, 0.1) is 0 Å². The van der Waals surface area contributed by atoms with Gasteiger partial charge in [-0.2, -0.15) is 0 Å². The van der Waals surface area contributed by atoms with Crippen molar-refractivity contribution in [2.45, 2.75) is 26.8 Å². The van der Waals surface area contributed by atoms with E-state index in [9.17, 15) is 4.39 Å². The molecule has 0 radical (unpaired) electrons. The predicted octanol–water partition coefficient (Wildman–Crippen LogP) is 3.15. The lowest BCUT2D eigenvalue weighted by Crippen LogP contribution is -2.13. The number of nitrogens with one attached hydrogen (secondary N) is 1. The van der Waals surface area contributed by atoms with Crippen LogP contribution in [0.3, 0.4) is 0 Å². The molecule has 3 nitrogen and oxygen atoms in total. The van der Waals surface area contributed by atoms with Gasteiger partial charge in [-0.15, -0.1) is 10.2 Å². The lowest BCUT2D eigenvalue weighted by molar-refractivity contribution is 0.627. The number of aryl methyl sites for hydroxylation is 1. The first-order valence-electron chi connectivity index (χ1n) is 5.99. The van der Waals surface area contributed by atoms with E-state index in [-0.39, 0.29) is 5.82 Å². The summed E-state index contributed by atoms with van der Waals surface area (Å²) < 4.78 is 13.3. The molecule has 1 aromatic heterocycles. The van der Waals surface area contributed by atoms with Crippen LogP contribution in [0.1, 0.15) is 23.9 Å². The monoisotopic (exact) mass is 265 g/mol. The van der Waals surface area contributed by atoms with E-state index in [1.54, 1.807) is 0 Å². The van der Waals surface area contributed by atoms with Crippen LogP contribution in [-0.2, 0) is 6.54 Å². The molecule has 1 heterocycles. The van der Waals surface area contributed by atoms with Gasteiger partial charge in [-0.05, 0) is 43.7 Å². The molecule has 0 fully saturated rings. The maximum Gasteiger partial charge on any atom is 0.147 e. The Hall–Kier alpha value is -1.33. The van der Waals surface area contributed by atoms with Crippen molar-refractivity contribution in [1.29, 1.82) is 0 Å². The third-order valence-electron chi connectivity index (χ3n) is 2.46. The van der Waals surface area contributed by atoms with Crippen LogP contribution in [0.5, 0.6) is 0 Å². The third kappa shape index (κ3) is 3.34. The van der Waals surface area contributed by atoms with E-state index < -0.39 is 0 Å². The smallest absolute Gasteiger partial charge is 0.147 e. The topological polar surface area (TPSA) is 37.8 Å². The number of nitrogens with zero attached hydrogens (tertiary/aromatic N) is 2. The molecule has 1 aromatic carbocycles. The van der Waals surface area contributed by atoms with E-state index in [0.29, 0.717) is 0 Å². The normalized spacial score (nSPS) is 10.8. The second-order valence-electron chi connectivity index (χ2n) is 4.19. The fraction of sp³-hybridized carbons (Fsp3) is 0.385. The lowest BCUT2D eigenvalue weighted by Gasteiger charge is -1.98. The van der Waals surface area contributed by atoms with Gasteiger partial charge in [0.25, 0.3) is 0 Å². The third-order valence-corrected chi connectivity index (χ3v) is 3.43. The molecule has 2 aromatic rings. The molecule has 0 atom stereocenters. The van der Waals surface area contributed by atoms with Crippen LogP contribution in [-0.4, -0.2) is 16.7 Å². The Labute approximate surface area is 110 Å². The van der Waals surface area contributed by atoms with Crippen LogP contribution in [0.25, 0.3) is 10.6 Å². The number of rotatable bonds is 5. The molecular weight excluding hydrogens is 249 g/mol. The van der Waals surface area contributed by atoms with Crippen molar-refractivity contribution in [2.24, 2.45) is 0 Å².